The van der Waals surface area contributed by atoms with Crippen LogP contribution in [0.2, 0.25) is 0 Å². The number of aliphatic carboxylic acids is 1. The van der Waals surface area contributed by atoms with Gasteiger partial charge in [-0.25, -0.2) is 4.98 Å². The molecule has 0 amide bonds. The molecule has 0 unspecified atom stereocenters. The van der Waals surface area contributed by atoms with Crippen LogP contribution in [0.1, 0.15) is 18.5 Å². The van der Waals surface area contributed by atoms with E-state index in [1.54, 1.807) is 23.9 Å². The highest BCUT2D eigenvalue weighted by molar-refractivity contribution is 7.15. The number of hydrogen-bond donors (Lipinski definition) is 1. The molecular formula is C13H12N2O3S. The zero-order valence-corrected chi connectivity index (χ0v) is 10.9. The molecule has 5 nitrogen and oxygen atoms in total. The van der Waals surface area contributed by atoms with Crippen LogP contribution < -0.4 is 0 Å². The largest absolute Gasteiger partial charge is 0.481 e. The Balaban J connectivity index is 1.84. The molecule has 1 N–H and O–H groups in total. The van der Waals surface area contributed by atoms with Gasteiger partial charge >= 0.3 is 5.97 Å². The fourth-order valence-corrected chi connectivity index (χ4v) is 2.89. The molecule has 0 atom stereocenters. The second-order valence-electron chi connectivity index (χ2n) is 4.27. The zero-order chi connectivity index (χ0) is 13.2. The SMILES string of the molecule is O=C(O)CCCc1csc2nc(-c3ccoc3)cn12. The van der Waals surface area contributed by atoms with Crippen LogP contribution in [0.5, 0.6) is 0 Å². The van der Waals surface area contributed by atoms with Gasteiger partial charge in [0.1, 0.15) is 0 Å². The van der Waals surface area contributed by atoms with Gasteiger partial charge in [-0.1, -0.05) is 0 Å². The molecular weight excluding hydrogens is 264 g/mol. The molecule has 0 aromatic carbocycles. The minimum Gasteiger partial charge on any atom is -0.481 e. The van der Waals surface area contributed by atoms with E-state index >= 15 is 0 Å². The van der Waals surface area contributed by atoms with Crippen molar-refractivity contribution in [3.8, 4) is 11.3 Å². The summed E-state index contributed by atoms with van der Waals surface area (Å²) in [5, 5.41) is 10.7. The first-order valence-electron chi connectivity index (χ1n) is 5.94. The summed E-state index contributed by atoms with van der Waals surface area (Å²) >= 11 is 1.56. The van der Waals surface area contributed by atoms with E-state index in [1.807, 2.05) is 22.0 Å². The predicted molar refractivity (Wildman–Crippen MR) is 71.3 cm³/mol. The van der Waals surface area contributed by atoms with E-state index in [0.717, 1.165) is 28.3 Å². The number of fused-ring (bicyclic) bond motifs is 1. The number of rotatable bonds is 5. The molecule has 0 radical (unpaired) electrons. The first-order valence-corrected chi connectivity index (χ1v) is 6.82. The number of furan rings is 1. The van der Waals surface area contributed by atoms with Crippen LogP contribution in [-0.2, 0) is 11.2 Å². The number of imidazole rings is 1. The third kappa shape index (κ3) is 2.39. The summed E-state index contributed by atoms with van der Waals surface area (Å²) in [7, 11) is 0. The molecule has 98 valence electrons. The topological polar surface area (TPSA) is 67.7 Å². The third-order valence-corrected chi connectivity index (χ3v) is 3.81. The van der Waals surface area contributed by atoms with Crippen molar-refractivity contribution in [2.24, 2.45) is 0 Å². The van der Waals surface area contributed by atoms with Gasteiger partial charge in [-0.3, -0.25) is 9.20 Å². The van der Waals surface area contributed by atoms with E-state index in [2.05, 4.69) is 4.98 Å². The van der Waals surface area contributed by atoms with Crippen LogP contribution in [0.4, 0.5) is 0 Å². The lowest BCUT2D eigenvalue weighted by Crippen LogP contribution is -1.97. The van der Waals surface area contributed by atoms with Gasteiger partial charge in [0.25, 0.3) is 0 Å². The Kier molecular flexibility index (Phi) is 3.08. The van der Waals surface area contributed by atoms with Crippen molar-refractivity contribution in [2.75, 3.05) is 0 Å². The van der Waals surface area contributed by atoms with E-state index < -0.39 is 5.97 Å². The van der Waals surface area contributed by atoms with Crippen LogP contribution in [0.15, 0.2) is 34.6 Å². The number of carbonyl (C=O) groups is 1. The van der Waals surface area contributed by atoms with E-state index in [4.69, 9.17) is 9.52 Å². The Hall–Kier alpha value is -2.08. The Morgan fingerprint density at radius 3 is 3.16 bits per heavy atom. The molecule has 0 saturated heterocycles. The summed E-state index contributed by atoms with van der Waals surface area (Å²) in [6, 6.07) is 1.87. The van der Waals surface area contributed by atoms with Crippen LogP contribution in [0.25, 0.3) is 16.2 Å². The zero-order valence-electron chi connectivity index (χ0n) is 10.1. The fraction of sp³-hybridized carbons (Fsp3) is 0.231. The first kappa shape index (κ1) is 12.0. The van der Waals surface area contributed by atoms with E-state index in [1.165, 1.54) is 0 Å². The van der Waals surface area contributed by atoms with Crippen molar-refractivity contribution in [2.45, 2.75) is 19.3 Å². The highest BCUT2D eigenvalue weighted by atomic mass is 32.1. The lowest BCUT2D eigenvalue weighted by Gasteiger charge is -1.97. The van der Waals surface area contributed by atoms with Crippen LogP contribution in [0.3, 0.4) is 0 Å². The standard InChI is InChI=1S/C13H12N2O3S/c16-12(17)3-1-2-10-8-19-13-14-11(6-15(10)13)9-4-5-18-7-9/h4-8H,1-3H2,(H,16,17). The van der Waals surface area contributed by atoms with Gasteiger partial charge in [-0.05, 0) is 18.9 Å². The molecule has 0 saturated carbocycles. The number of carboxylic acids is 1. The van der Waals surface area contributed by atoms with Gasteiger partial charge in [-0.2, -0.15) is 0 Å². The molecule has 0 fully saturated rings. The first-order chi connectivity index (χ1) is 9.24. The number of nitrogens with zero attached hydrogens (tertiary/aromatic N) is 2. The van der Waals surface area contributed by atoms with Crippen molar-refractivity contribution in [3.05, 3.63) is 35.9 Å². The summed E-state index contributed by atoms with van der Waals surface area (Å²) in [5.41, 5.74) is 2.93. The second-order valence-corrected chi connectivity index (χ2v) is 5.10. The number of carboxylic acid groups (broad SMARTS) is 1. The van der Waals surface area contributed by atoms with Crippen molar-refractivity contribution in [1.29, 1.82) is 0 Å². The summed E-state index contributed by atoms with van der Waals surface area (Å²) < 4.78 is 7.07. The fourth-order valence-electron chi connectivity index (χ4n) is 1.98. The maximum atomic E-state index is 10.5. The lowest BCUT2D eigenvalue weighted by molar-refractivity contribution is -0.137. The summed E-state index contributed by atoms with van der Waals surface area (Å²) in [5.74, 6) is -0.754. The van der Waals surface area contributed by atoms with Crippen molar-refractivity contribution in [3.63, 3.8) is 0 Å². The van der Waals surface area contributed by atoms with E-state index in [0.29, 0.717) is 6.42 Å². The van der Waals surface area contributed by atoms with Gasteiger partial charge in [0.2, 0.25) is 0 Å². The number of aryl methyl sites for hydroxylation is 1. The molecule has 19 heavy (non-hydrogen) atoms. The second kappa shape index (κ2) is 4.89. The van der Waals surface area contributed by atoms with Gasteiger partial charge < -0.3 is 9.52 Å². The summed E-state index contributed by atoms with van der Waals surface area (Å²) in [6.07, 6.45) is 6.83. The highest BCUT2D eigenvalue weighted by Gasteiger charge is 2.10. The maximum absolute atomic E-state index is 10.5. The highest BCUT2D eigenvalue weighted by Crippen LogP contribution is 2.24. The monoisotopic (exact) mass is 276 g/mol. The molecule has 3 rings (SSSR count). The Labute approximate surface area is 113 Å². The van der Waals surface area contributed by atoms with Crippen molar-refractivity contribution >= 4 is 22.3 Å². The van der Waals surface area contributed by atoms with E-state index in [9.17, 15) is 4.79 Å². The summed E-state index contributed by atoms with van der Waals surface area (Å²) in [6.45, 7) is 0. The van der Waals surface area contributed by atoms with Gasteiger partial charge in [0.05, 0.1) is 18.2 Å². The predicted octanol–water partition coefficient (Wildman–Crippen LogP) is 3.06. The maximum Gasteiger partial charge on any atom is 0.303 e. The van der Waals surface area contributed by atoms with Crippen LogP contribution >= 0.6 is 11.3 Å². The van der Waals surface area contributed by atoms with E-state index in [-0.39, 0.29) is 6.42 Å². The average Bonchev–Trinajstić information content (AvgIpc) is 3.03. The van der Waals surface area contributed by atoms with Crippen LogP contribution in [-0.4, -0.2) is 20.5 Å². The molecule has 0 aliphatic rings. The lowest BCUT2D eigenvalue weighted by atomic mass is 10.2. The molecule has 0 aliphatic carbocycles. The van der Waals surface area contributed by atoms with Gasteiger partial charge in [0, 0.05) is 29.3 Å². The molecule has 3 aromatic rings. The minimum atomic E-state index is -0.754. The number of thiazole rings is 1. The smallest absolute Gasteiger partial charge is 0.303 e. The Bertz CT molecular complexity index is 697. The molecule has 0 bridgehead atoms. The number of hydrogen-bond acceptors (Lipinski definition) is 4. The van der Waals surface area contributed by atoms with Gasteiger partial charge in [0.15, 0.2) is 4.96 Å². The normalized spacial score (nSPS) is 11.2. The summed E-state index contributed by atoms with van der Waals surface area (Å²) in [4.78, 5) is 16.0. The molecule has 3 heterocycles. The van der Waals surface area contributed by atoms with Crippen LogP contribution in [0, 0.1) is 0 Å². The third-order valence-electron chi connectivity index (χ3n) is 2.92. The molecule has 0 spiro atoms. The Morgan fingerprint density at radius 1 is 1.53 bits per heavy atom. The Morgan fingerprint density at radius 2 is 2.42 bits per heavy atom. The average molecular weight is 276 g/mol. The molecule has 3 aromatic heterocycles. The van der Waals surface area contributed by atoms with Crippen molar-refractivity contribution in [1.82, 2.24) is 9.38 Å². The molecule has 6 heteroatoms. The molecule has 0 aliphatic heterocycles. The quantitative estimate of drug-likeness (QED) is 0.777. The van der Waals surface area contributed by atoms with Crippen molar-refractivity contribution < 1.29 is 14.3 Å². The minimum absolute atomic E-state index is 0.195. The number of aromatic nitrogens is 2. The van der Waals surface area contributed by atoms with Gasteiger partial charge in [-0.15, -0.1) is 11.3 Å².